The molecule has 0 saturated carbocycles. The van der Waals surface area contributed by atoms with E-state index in [0.717, 1.165) is 23.4 Å². The first-order valence-electron chi connectivity index (χ1n) is 4.82. The van der Waals surface area contributed by atoms with E-state index < -0.39 is 0 Å². The second-order valence-corrected chi connectivity index (χ2v) is 4.13. The average Bonchev–Trinajstić information content (AvgIpc) is 2.15. The standard InChI is InChI=1S/C11H16BrNO/c1-3-14-8-9(2)13-11-6-4-5-10(12)7-11/h4-7,9,13H,3,8H2,1-2H3. The number of hydrogen-bond acceptors (Lipinski definition) is 2. The van der Waals surface area contributed by atoms with E-state index in [1.807, 2.05) is 25.1 Å². The molecular weight excluding hydrogens is 242 g/mol. The molecule has 2 nitrogen and oxygen atoms in total. The van der Waals surface area contributed by atoms with E-state index in [4.69, 9.17) is 4.74 Å². The molecule has 3 heteroatoms. The van der Waals surface area contributed by atoms with Crippen molar-refractivity contribution in [3.63, 3.8) is 0 Å². The lowest BCUT2D eigenvalue weighted by Crippen LogP contribution is -2.21. The fourth-order valence-electron chi connectivity index (χ4n) is 1.20. The van der Waals surface area contributed by atoms with Crippen molar-refractivity contribution in [2.24, 2.45) is 0 Å². The molecule has 78 valence electrons. The van der Waals surface area contributed by atoms with Crippen LogP contribution >= 0.6 is 15.9 Å². The number of halogens is 1. The van der Waals surface area contributed by atoms with Crippen molar-refractivity contribution in [3.8, 4) is 0 Å². The summed E-state index contributed by atoms with van der Waals surface area (Å²) in [6.45, 7) is 5.62. The van der Waals surface area contributed by atoms with Crippen LogP contribution in [0, 0.1) is 0 Å². The quantitative estimate of drug-likeness (QED) is 0.875. The summed E-state index contributed by atoms with van der Waals surface area (Å²) in [6, 6.07) is 8.47. The van der Waals surface area contributed by atoms with Crippen molar-refractivity contribution in [1.29, 1.82) is 0 Å². The van der Waals surface area contributed by atoms with Crippen LogP contribution in [0.25, 0.3) is 0 Å². The molecule has 14 heavy (non-hydrogen) atoms. The van der Waals surface area contributed by atoms with Gasteiger partial charge in [-0.15, -0.1) is 0 Å². The highest BCUT2D eigenvalue weighted by atomic mass is 79.9. The van der Waals surface area contributed by atoms with E-state index in [1.54, 1.807) is 0 Å². The maximum atomic E-state index is 5.32. The van der Waals surface area contributed by atoms with Gasteiger partial charge in [0.25, 0.3) is 0 Å². The highest BCUT2D eigenvalue weighted by Gasteiger charge is 2.01. The van der Waals surface area contributed by atoms with Gasteiger partial charge in [0.1, 0.15) is 0 Å². The van der Waals surface area contributed by atoms with E-state index in [1.165, 1.54) is 0 Å². The molecule has 0 bridgehead atoms. The van der Waals surface area contributed by atoms with Crippen LogP contribution in [-0.4, -0.2) is 19.3 Å². The Morgan fingerprint density at radius 3 is 2.93 bits per heavy atom. The van der Waals surface area contributed by atoms with Gasteiger partial charge < -0.3 is 10.1 Å². The van der Waals surface area contributed by atoms with Crippen LogP contribution in [-0.2, 0) is 4.74 Å². The van der Waals surface area contributed by atoms with Crippen LogP contribution in [0.5, 0.6) is 0 Å². The second kappa shape index (κ2) is 6.04. The zero-order valence-electron chi connectivity index (χ0n) is 8.59. The van der Waals surface area contributed by atoms with Crippen molar-refractivity contribution in [3.05, 3.63) is 28.7 Å². The number of hydrogen-bond donors (Lipinski definition) is 1. The summed E-state index contributed by atoms with van der Waals surface area (Å²) in [6.07, 6.45) is 0. The maximum absolute atomic E-state index is 5.32. The third-order valence-electron chi connectivity index (χ3n) is 1.81. The van der Waals surface area contributed by atoms with Gasteiger partial charge >= 0.3 is 0 Å². The number of nitrogens with one attached hydrogen (secondary N) is 1. The van der Waals surface area contributed by atoms with Crippen LogP contribution < -0.4 is 5.32 Å². The van der Waals surface area contributed by atoms with Gasteiger partial charge in [0, 0.05) is 22.8 Å². The molecule has 0 saturated heterocycles. The van der Waals surface area contributed by atoms with Gasteiger partial charge in [-0.2, -0.15) is 0 Å². The fourth-order valence-corrected chi connectivity index (χ4v) is 1.60. The summed E-state index contributed by atoms with van der Waals surface area (Å²) >= 11 is 3.43. The lowest BCUT2D eigenvalue weighted by Gasteiger charge is -2.14. The van der Waals surface area contributed by atoms with Crippen LogP contribution in [0.4, 0.5) is 5.69 Å². The maximum Gasteiger partial charge on any atom is 0.0664 e. The lowest BCUT2D eigenvalue weighted by molar-refractivity contribution is 0.141. The first kappa shape index (κ1) is 11.5. The third-order valence-corrected chi connectivity index (χ3v) is 2.30. The normalized spacial score (nSPS) is 12.5. The molecule has 0 heterocycles. The molecule has 0 aliphatic heterocycles. The van der Waals surface area contributed by atoms with Gasteiger partial charge in [0.05, 0.1) is 6.61 Å². The Bertz CT molecular complexity index is 278. The molecule has 0 aromatic heterocycles. The zero-order chi connectivity index (χ0) is 10.4. The van der Waals surface area contributed by atoms with Crippen LogP contribution in [0.3, 0.4) is 0 Å². The molecule has 0 amide bonds. The molecule has 1 atom stereocenters. The van der Waals surface area contributed by atoms with Crippen LogP contribution in [0.15, 0.2) is 28.7 Å². The van der Waals surface area contributed by atoms with E-state index in [0.29, 0.717) is 6.04 Å². The van der Waals surface area contributed by atoms with Crippen molar-refractivity contribution in [2.45, 2.75) is 19.9 Å². The number of rotatable bonds is 5. The van der Waals surface area contributed by atoms with E-state index in [-0.39, 0.29) is 0 Å². The van der Waals surface area contributed by atoms with Crippen molar-refractivity contribution < 1.29 is 4.74 Å². The Labute approximate surface area is 93.8 Å². The molecule has 0 radical (unpaired) electrons. The topological polar surface area (TPSA) is 21.3 Å². The average molecular weight is 258 g/mol. The predicted molar refractivity (Wildman–Crippen MR) is 63.7 cm³/mol. The van der Waals surface area contributed by atoms with Crippen LogP contribution in [0.2, 0.25) is 0 Å². The fraction of sp³-hybridized carbons (Fsp3) is 0.455. The first-order chi connectivity index (χ1) is 6.72. The minimum Gasteiger partial charge on any atom is -0.380 e. The Hall–Kier alpha value is -0.540. The van der Waals surface area contributed by atoms with Gasteiger partial charge in [-0.25, -0.2) is 0 Å². The van der Waals surface area contributed by atoms with Gasteiger partial charge in [-0.3, -0.25) is 0 Å². The molecule has 1 N–H and O–H groups in total. The largest absolute Gasteiger partial charge is 0.380 e. The second-order valence-electron chi connectivity index (χ2n) is 3.22. The number of anilines is 1. The summed E-state index contributed by atoms with van der Waals surface area (Å²) in [5.74, 6) is 0. The van der Waals surface area contributed by atoms with Gasteiger partial charge in [0.15, 0.2) is 0 Å². The summed E-state index contributed by atoms with van der Waals surface area (Å²) < 4.78 is 6.41. The van der Waals surface area contributed by atoms with Crippen molar-refractivity contribution in [2.75, 3.05) is 18.5 Å². The van der Waals surface area contributed by atoms with Crippen molar-refractivity contribution in [1.82, 2.24) is 0 Å². The molecule has 0 spiro atoms. The zero-order valence-corrected chi connectivity index (χ0v) is 10.2. The SMILES string of the molecule is CCOCC(C)Nc1cccc(Br)c1. The number of benzene rings is 1. The molecule has 1 aromatic rings. The smallest absolute Gasteiger partial charge is 0.0664 e. The molecule has 1 unspecified atom stereocenters. The van der Waals surface area contributed by atoms with E-state index in [2.05, 4.69) is 34.2 Å². The molecule has 1 aromatic carbocycles. The summed E-state index contributed by atoms with van der Waals surface area (Å²) in [5.41, 5.74) is 1.12. The first-order valence-corrected chi connectivity index (χ1v) is 5.61. The van der Waals surface area contributed by atoms with E-state index in [9.17, 15) is 0 Å². The predicted octanol–water partition coefficient (Wildman–Crippen LogP) is 3.29. The minimum absolute atomic E-state index is 0.337. The van der Waals surface area contributed by atoms with Crippen LogP contribution in [0.1, 0.15) is 13.8 Å². The highest BCUT2D eigenvalue weighted by molar-refractivity contribution is 9.10. The molecule has 0 fully saturated rings. The highest BCUT2D eigenvalue weighted by Crippen LogP contribution is 2.16. The Morgan fingerprint density at radius 2 is 2.29 bits per heavy atom. The molecular formula is C11H16BrNO. The van der Waals surface area contributed by atoms with Gasteiger partial charge in [-0.1, -0.05) is 22.0 Å². The Morgan fingerprint density at radius 1 is 1.50 bits per heavy atom. The summed E-state index contributed by atoms with van der Waals surface area (Å²) in [4.78, 5) is 0. The van der Waals surface area contributed by atoms with Crippen molar-refractivity contribution >= 4 is 21.6 Å². The van der Waals surface area contributed by atoms with Gasteiger partial charge in [-0.05, 0) is 32.0 Å². The Balaban J connectivity index is 2.43. The molecule has 1 rings (SSSR count). The van der Waals surface area contributed by atoms with E-state index >= 15 is 0 Å². The minimum atomic E-state index is 0.337. The Kier molecular flexibility index (Phi) is 4.98. The molecule has 0 aliphatic carbocycles. The summed E-state index contributed by atoms with van der Waals surface area (Å²) in [7, 11) is 0. The van der Waals surface area contributed by atoms with Gasteiger partial charge in [0.2, 0.25) is 0 Å². The number of ether oxygens (including phenoxy) is 1. The summed E-state index contributed by atoms with van der Waals surface area (Å²) in [5, 5.41) is 3.36. The third kappa shape index (κ3) is 4.11. The lowest BCUT2D eigenvalue weighted by atomic mass is 10.3. The monoisotopic (exact) mass is 257 g/mol. The molecule has 0 aliphatic rings.